The summed E-state index contributed by atoms with van der Waals surface area (Å²) in [4.78, 5) is 19.8. The van der Waals surface area contributed by atoms with E-state index in [1.807, 2.05) is 6.92 Å². The van der Waals surface area contributed by atoms with Crippen LogP contribution in [0.1, 0.15) is 48.0 Å². The minimum atomic E-state index is 0.176. The second-order valence-corrected chi connectivity index (χ2v) is 7.18. The van der Waals surface area contributed by atoms with Crippen LogP contribution in [0.5, 0.6) is 0 Å². The molecule has 0 N–H and O–H groups in total. The summed E-state index contributed by atoms with van der Waals surface area (Å²) in [7, 11) is 1.80. The van der Waals surface area contributed by atoms with Gasteiger partial charge in [-0.05, 0) is 38.0 Å². The van der Waals surface area contributed by atoms with Crippen LogP contribution in [0.4, 0.5) is 0 Å². The molecule has 4 nitrogen and oxygen atoms in total. The van der Waals surface area contributed by atoms with Crippen LogP contribution < -0.4 is 0 Å². The third-order valence-electron chi connectivity index (χ3n) is 5.09. The van der Waals surface area contributed by atoms with Crippen LogP contribution in [0.15, 0.2) is 5.51 Å². The lowest BCUT2D eigenvalue weighted by Crippen LogP contribution is -2.46. The Balaban J connectivity index is 1.81. The molecule has 0 radical (unpaired) electrons. The number of aryl methyl sites for hydroxylation is 1. The number of carbonyl (C=O) groups excluding carboxylic acids is 1. The molecular formula is C15H22N2O2S. The molecule has 2 aliphatic rings. The molecule has 3 rings (SSSR count). The number of fused-ring (bicyclic) bond motifs is 1. The number of hydrogen-bond donors (Lipinski definition) is 0. The fourth-order valence-electron chi connectivity index (χ4n) is 3.86. The van der Waals surface area contributed by atoms with Gasteiger partial charge in [-0.2, -0.15) is 0 Å². The van der Waals surface area contributed by atoms with Crippen LogP contribution in [-0.2, 0) is 4.74 Å². The maximum Gasteiger partial charge on any atom is 0.266 e. The number of hydrogen-bond acceptors (Lipinski definition) is 4. The van der Waals surface area contributed by atoms with E-state index in [2.05, 4.69) is 16.8 Å². The standard InChI is InChI=1S/C15H22N2O2S/c1-10-13(20-9-16-10)14(18)17-7-6-15(2)8-11(19-3)4-5-12(15)17/h9,11-12H,4-8H2,1-3H3/t11-,12-,15+/m1/s1. The molecule has 0 unspecified atom stereocenters. The third kappa shape index (κ3) is 2.17. The zero-order valence-corrected chi connectivity index (χ0v) is 13.2. The second kappa shape index (κ2) is 5.11. The molecule has 20 heavy (non-hydrogen) atoms. The number of likely N-dealkylation sites (tertiary alicyclic amines) is 1. The molecule has 1 aliphatic heterocycles. The van der Waals surface area contributed by atoms with Crippen LogP contribution in [-0.4, -0.2) is 41.6 Å². The molecular weight excluding hydrogens is 272 g/mol. The number of rotatable bonds is 2. The Kier molecular flexibility index (Phi) is 3.58. The van der Waals surface area contributed by atoms with Crippen molar-refractivity contribution in [2.75, 3.05) is 13.7 Å². The van der Waals surface area contributed by atoms with Crippen LogP contribution in [0, 0.1) is 12.3 Å². The van der Waals surface area contributed by atoms with Crippen molar-refractivity contribution >= 4 is 17.2 Å². The molecule has 2 fully saturated rings. The molecule has 5 heteroatoms. The Hall–Kier alpha value is -0.940. The Morgan fingerprint density at radius 1 is 1.55 bits per heavy atom. The van der Waals surface area contributed by atoms with Gasteiger partial charge >= 0.3 is 0 Å². The largest absolute Gasteiger partial charge is 0.381 e. The van der Waals surface area contributed by atoms with E-state index in [0.717, 1.165) is 42.8 Å². The monoisotopic (exact) mass is 294 g/mol. The Labute approximate surface area is 124 Å². The van der Waals surface area contributed by atoms with Crippen molar-refractivity contribution in [1.29, 1.82) is 0 Å². The molecule has 0 spiro atoms. The second-order valence-electron chi connectivity index (χ2n) is 6.32. The first kappa shape index (κ1) is 14.0. The quantitative estimate of drug-likeness (QED) is 0.842. The fourth-order valence-corrected chi connectivity index (χ4v) is 4.62. The van der Waals surface area contributed by atoms with Gasteiger partial charge in [-0.1, -0.05) is 6.92 Å². The van der Waals surface area contributed by atoms with Gasteiger partial charge in [0.25, 0.3) is 5.91 Å². The Morgan fingerprint density at radius 2 is 2.35 bits per heavy atom. The first-order chi connectivity index (χ1) is 9.55. The SMILES string of the molecule is CO[C@@H]1CC[C@H]2N(C(=O)c3scnc3C)CC[C@@]2(C)C1. The van der Waals surface area contributed by atoms with E-state index in [0.29, 0.717) is 12.1 Å². The zero-order chi connectivity index (χ0) is 14.3. The highest BCUT2D eigenvalue weighted by atomic mass is 32.1. The maximum atomic E-state index is 12.7. The smallest absolute Gasteiger partial charge is 0.266 e. The minimum absolute atomic E-state index is 0.176. The van der Waals surface area contributed by atoms with Crippen molar-refractivity contribution in [1.82, 2.24) is 9.88 Å². The number of methoxy groups -OCH3 is 1. The van der Waals surface area contributed by atoms with Crippen molar-refractivity contribution in [3.05, 3.63) is 16.1 Å². The fraction of sp³-hybridized carbons (Fsp3) is 0.733. The third-order valence-corrected chi connectivity index (χ3v) is 6.01. The highest BCUT2D eigenvalue weighted by Crippen LogP contribution is 2.47. The first-order valence-electron chi connectivity index (χ1n) is 7.29. The van der Waals surface area contributed by atoms with E-state index >= 15 is 0 Å². The number of ether oxygens (including phenoxy) is 1. The number of nitrogens with zero attached hydrogens (tertiary/aromatic N) is 2. The number of carbonyl (C=O) groups is 1. The normalized spacial score (nSPS) is 33.2. The van der Waals surface area contributed by atoms with Gasteiger partial charge < -0.3 is 9.64 Å². The number of thiazole rings is 1. The summed E-state index contributed by atoms with van der Waals surface area (Å²) in [6.45, 7) is 5.10. The predicted molar refractivity (Wildman–Crippen MR) is 79.0 cm³/mol. The van der Waals surface area contributed by atoms with Crippen molar-refractivity contribution in [3.63, 3.8) is 0 Å². The molecule has 1 saturated carbocycles. The molecule has 0 aromatic carbocycles. The average Bonchev–Trinajstić information content (AvgIpc) is 3.00. The van der Waals surface area contributed by atoms with Crippen LogP contribution in [0.2, 0.25) is 0 Å². The lowest BCUT2D eigenvalue weighted by molar-refractivity contribution is -0.00269. The molecule has 1 aromatic heterocycles. The van der Waals surface area contributed by atoms with E-state index in [-0.39, 0.29) is 11.3 Å². The van der Waals surface area contributed by atoms with Crippen LogP contribution >= 0.6 is 11.3 Å². The lowest BCUT2D eigenvalue weighted by Gasteiger charge is -2.42. The summed E-state index contributed by atoms with van der Waals surface area (Å²) in [6.07, 6.45) is 4.62. The van der Waals surface area contributed by atoms with Crippen molar-refractivity contribution in [2.24, 2.45) is 5.41 Å². The van der Waals surface area contributed by atoms with Crippen molar-refractivity contribution < 1.29 is 9.53 Å². The summed E-state index contributed by atoms with van der Waals surface area (Å²) in [5, 5.41) is 0. The van der Waals surface area contributed by atoms with Crippen molar-refractivity contribution in [3.8, 4) is 0 Å². The zero-order valence-electron chi connectivity index (χ0n) is 12.4. The van der Waals surface area contributed by atoms with Gasteiger partial charge in [-0.3, -0.25) is 4.79 Å². The van der Waals surface area contributed by atoms with E-state index in [9.17, 15) is 4.79 Å². The van der Waals surface area contributed by atoms with Gasteiger partial charge in [-0.15, -0.1) is 11.3 Å². The highest BCUT2D eigenvalue weighted by Gasteiger charge is 2.49. The Morgan fingerprint density at radius 3 is 3.00 bits per heavy atom. The summed E-state index contributed by atoms with van der Waals surface area (Å²) < 4.78 is 5.54. The van der Waals surface area contributed by atoms with E-state index in [4.69, 9.17) is 4.74 Å². The molecule has 1 amide bonds. The highest BCUT2D eigenvalue weighted by molar-refractivity contribution is 7.11. The first-order valence-corrected chi connectivity index (χ1v) is 8.17. The summed E-state index contributed by atoms with van der Waals surface area (Å²) in [6, 6.07) is 0.364. The van der Waals surface area contributed by atoms with E-state index in [1.54, 1.807) is 12.6 Å². The van der Waals surface area contributed by atoms with Crippen molar-refractivity contribution in [2.45, 2.75) is 51.7 Å². The minimum Gasteiger partial charge on any atom is -0.381 e. The van der Waals surface area contributed by atoms with Gasteiger partial charge in [0.1, 0.15) is 4.88 Å². The predicted octanol–water partition coefficient (Wildman–Crippen LogP) is 2.87. The molecule has 0 bridgehead atoms. The summed E-state index contributed by atoms with van der Waals surface area (Å²) >= 11 is 1.46. The molecule has 1 aliphatic carbocycles. The molecule has 1 aromatic rings. The average molecular weight is 294 g/mol. The van der Waals surface area contributed by atoms with E-state index < -0.39 is 0 Å². The molecule has 2 heterocycles. The molecule has 1 saturated heterocycles. The Bertz CT molecular complexity index is 516. The number of aromatic nitrogens is 1. The van der Waals surface area contributed by atoms with E-state index in [1.165, 1.54) is 11.3 Å². The summed E-state index contributed by atoms with van der Waals surface area (Å²) in [5.74, 6) is 0.176. The van der Waals surface area contributed by atoms with Gasteiger partial charge in [0.2, 0.25) is 0 Å². The lowest BCUT2D eigenvalue weighted by atomic mass is 9.71. The topological polar surface area (TPSA) is 42.4 Å². The number of amides is 1. The van der Waals surface area contributed by atoms with Crippen LogP contribution in [0.3, 0.4) is 0 Å². The summed E-state index contributed by atoms with van der Waals surface area (Å²) in [5.41, 5.74) is 2.84. The van der Waals surface area contributed by atoms with Gasteiger partial charge in [0.15, 0.2) is 0 Å². The maximum absolute atomic E-state index is 12.7. The van der Waals surface area contributed by atoms with Gasteiger partial charge in [-0.25, -0.2) is 4.98 Å². The van der Waals surface area contributed by atoms with Crippen LogP contribution in [0.25, 0.3) is 0 Å². The molecule has 110 valence electrons. The molecule has 3 atom stereocenters. The van der Waals surface area contributed by atoms with Gasteiger partial charge in [0, 0.05) is 19.7 Å². The van der Waals surface area contributed by atoms with Gasteiger partial charge in [0.05, 0.1) is 17.3 Å².